The zero-order valence-corrected chi connectivity index (χ0v) is 15.3. The topological polar surface area (TPSA) is 60.2 Å². The summed E-state index contributed by atoms with van der Waals surface area (Å²) in [5.74, 6) is 0.198. The summed E-state index contributed by atoms with van der Waals surface area (Å²) in [6.45, 7) is 0.880. The van der Waals surface area contributed by atoms with Gasteiger partial charge in [0.25, 0.3) is 0 Å². The van der Waals surface area contributed by atoms with Crippen LogP contribution >= 0.6 is 11.3 Å². The number of nitrogens with one attached hydrogen (secondary N) is 1. The average Bonchev–Trinajstić information content (AvgIpc) is 3.26. The fraction of sp³-hybridized carbons (Fsp3) is 0.143. The quantitative estimate of drug-likeness (QED) is 0.672. The molecule has 2 aromatic carbocycles. The number of halogens is 1. The molecule has 136 valence electrons. The van der Waals surface area contributed by atoms with Gasteiger partial charge >= 0.3 is 0 Å². The number of hydrogen-bond donors (Lipinski definition) is 2. The molecule has 3 aromatic rings. The van der Waals surface area contributed by atoms with Crippen LogP contribution < -0.4 is 0 Å². The normalized spacial score (nSPS) is 14.3. The molecule has 0 saturated carbocycles. The van der Waals surface area contributed by atoms with Gasteiger partial charge in [-0.2, -0.15) is 0 Å². The summed E-state index contributed by atoms with van der Waals surface area (Å²) < 4.78 is 13.0. The highest BCUT2D eigenvalue weighted by molar-refractivity contribution is 7.11. The van der Waals surface area contributed by atoms with Gasteiger partial charge in [-0.3, -0.25) is 5.41 Å². The fourth-order valence-corrected chi connectivity index (χ4v) is 3.99. The minimum atomic E-state index is -0.257. The van der Waals surface area contributed by atoms with Crippen LogP contribution in [-0.4, -0.2) is 33.9 Å². The van der Waals surface area contributed by atoms with E-state index in [-0.39, 0.29) is 17.4 Å². The van der Waals surface area contributed by atoms with Crippen molar-refractivity contribution in [2.75, 3.05) is 13.1 Å². The summed E-state index contributed by atoms with van der Waals surface area (Å²) in [6, 6.07) is 16.2. The summed E-state index contributed by atoms with van der Waals surface area (Å²) in [6.07, 6.45) is 0.677. The molecule has 0 radical (unpaired) electrons. The second kappa shape index (κ2) is 7.32. The number of aliphatic hydroxyl groups is 1. The third kappa shape index (κ3) is 3.61. The number of amidine groups is 1. The van der Waals surface area contributed by atoms with Crippen molar-refractivity contribution in [3.05, 3.63) is 82.1 Å². The number of aromatic nitrogens is 1. The lowest BCUT2D eigenvalue weighted by Gasteiger charge is -2.18. The van der Waals surface area contributed by atoms with Crippen molar-refractivity contribution in [3.8, 4) is 11.3 Å². The molecule has 6 heteroatoms. The molecule has 1 aliphatic rings. The smallest absolute Gasteiger partial charge is 0.135 e. The van der Waals surface area contributed by atoms with Gasteiger partial charge in [0, 0.05) is 17.5 Å². The van der Waals surface area contributed by atoms with Crippen LogP contribution in [0.5, 0.6) is 0 Å². The van der Waals surface area contributed by atoms with Crippen LogP contribution in [0.1, 0.15) is 10.6 Å². The maximum atomic E-state index is 13.0. The molecule has 4 rings (SSSR count). The van der Waals surface area contributed by atoms with E-state index in [1.807, 2.05) is 40.6 Å². The molecule has 2 heterocycles. The van der Waals surface area contributed by atoms with E-state index in [2.05, 4.69) is 4.98 Å². The Kier molecular flexibility index (Phi) is 4.73. The molecular formula is C21H18FN3OS. The molecule has 0 atom stereocenters. The van der Waals surface area contributed by atoms with E-state index in [0.717, 1.165) is 16.8 Å². The lowest BCUT2D eigenvalue weighted by atomic mass is 10.1. The Morgan fingerprint density at radius 2 is 1.85 bits per heavy atom. The van der Waals surface area contributed by atoms with Gasteiger partial charge in [-0.15, -0.1) is 11.3 Å². The molecular weight excluding hydrogens is 361 g/mol. The number of benzene rings is 2. The van der Waals surface area contributed by atoms with Crippen LogP contribution in [0.25, 0.3) is 16.8 Å². The number of aliphatic hydroxyl groups excluding tert-OH is 1. The molecule has 0 saturated heterocycles. The van der Waals surface area contributed by atoms with Gasteiger partial charge in [0.2, 0.25) is 0 Å². The third-order valence-electron chi connectivity index (χ3n) is 4.55. The molecule has 0 spiro atoms. The van der Waals surface area contributed by atoms with Crippen molar-refractivity contribution in [2.24, 2.45) is 0 Å². The standard InChI is InChI=1S/C21H18FN3OS/c22-16-8-6-14(7-9-16)10-11-25-12-18(26)19(20(25)23)21-24-17(13-27-21)15-4-2-1-3-5-15/h1-9,13,23,26H,10-12H2. The zero-order valence-electron chi connectivity index (χ0n) is 14.5. The van der Waals surface area contributed by atoms with Gasteiger partial charge < -0.3 is 10.0 Å². The summed E-state index contributed by atoms with van der Waals surface area (Å²) in [7, 11) is 0. The molecule has 1 aliphatic heterocycles. The maximum Gasteiger partial charge on any atom is 0.135 e. The summed E-state index contributed by atoms with van der Waals surface area (Å²) in [4.78, 5) is 6.43. The summed E-state index contributed by atoms with van der Waals surface area (Å²) in [5, 5.41) is 21.5. The van der Waals surface area contributed by atoms with Crippen molar-refractivity contribution in [1.82, 2.24) is 9.88 Å². The first-order chi connectivity index (χ1) is 13.1. The Balaban J connectivity index is 1.48. The first-order valence-corrected chi connectivity index (χ1v) is 9.51. The second-order valence-electron chi connectivity index (χ2n) is 6.37. The lowest BCUT2D eigenvalue weighted by Crippen LogP contribution is -2.28. The van der Waals surface area contributed by atoms with E-state index in [4.69, 9.17) is 5.41 Å². The Hall–Kier alpha value is -2.99. The average molecular weight is 379 g/mol. The lowest BCUT2D eigenvalue weighted by molar-refractivity contribution is 0.351. The highest BCUT2D eigenvalue weighted by Crippen LogP contribution is 2.32. The summed E-state index contributed by atoms with van der Waals surface area (Å²) >= 11 is 1.43. The maximum absolute atomic E-state index is 13.0. The number of nitrogens with zero attached hydrogens (tertiary/aromatic N) is 2. The van der Waals surface area contributed by atoms with Gasteiger partial charge in [-0.05, 0) is 24.1 Å². The largest absolute Gasteiger partial charge is 0.510 e. The molecule has 0 amide bonds. The van der Waals surface area contributed by atoms with Crippen LogP contribution in [0.4, 0.5) is 4.39 Å². The van der Waals surface area contributed by atoms with Crippen LogP contribution in [0.15, 0.2) is 65.7 Å². The van der Waals surface area contributed by atoms with Gasteiger partial charge in [-0.1, -0.05) is 42.5 Å². The van der Waals surface area contributed by atoms with Gasteiger partial charge in [-0.25, -0.2) is 9.37 Å². The Morgan fingerprint density at radius 3 is 2.59 bits per heavy atom. The SMILES string of the molecule is N=C1C(c2nc(-c3ccccc3)cs2)=C(O)CN1CCc1ccc(F)cc1. The Bertz CT molecular complexity index is 996. The number of thiazole rings is 1. The molecule has 0 aliphatic carbocycles. The van der Waals surface area contributed by atoms with E-state index in [1.54, 1.807) is 12.1 Å². The van der Waals surface area contributed by atoms with Gasteiger partial charge in [0.1, 0.15) is 22.4 Å². The van der Waals surface area contributed by atoms with Crippen molar-refractivity contribution >= 4 is 22.7 Å². The first kappa shape index (κ1) is 17.4. The van der Waals surface area contributed by atoms with Gasteiger partial charge in [0.05, 0.1) is 17.8 Å². The van der Waals surface area contributed by atoms with Crippen LogP contribution in [-0.2, 0) is 6.42 Å². The van der Waals surface area contributed by atoms with Crippen molar-refractivity contribution in [3.63, 3.8) is 0 Å². The van der Waals surface area contributed by atoms with Gasteiger partial charge in [0.15, 0.2) is 0 Å². The highest BCUT2D eigenvalue weighted by Gasteiger charge is 2.30. The van der Waals surface area contributed by atoms with Crippen molar-refractivity contribution < 1.29 is 9.50 Å². The Labute approximate surface area is 160 Å². The summed E-state index contributed by atoms with van der Waals surface area (Å²) in [5.41, 5.74) is 3.35. The van der Waals surface area contributed by atoms with Crippen molar-refractivity contribution in [2.45, 2.75) is 6.42 Å². The van der Waals surface area contributed by atoms with Crippen LogP contribution in [0.3, 0.4) is 0 Å². The monoisotopic (exact) mass is 379 g/mol. The third-order valence-corrected chi connectivity index (χ3v) is 5.41. The molecule has 0 bridgehead atoms. The minimum Gasteiger partial charge on any atom is -0.510 e. The van der Waals surface area contributed by atoms with Crippen LogP contribution in [0, 0.1) is 11.2 Å². The van der Waals surface area contributed by atoms with E-state index in [9.17, 15) is 9.50 Å². The molecule has 27 heavy (non-hydrogen) atoms. The Morgan fingerprint density at radius 1 is 1.11 bits per heavy atom. The predicted octanol–water partition coefficient (Wildman–Crippen LogP) is 4.75. The highest BCUT2D eigenvalue weighted by atomic mass is 32.1. The fourth-order valence-electron chi connectivity index (χ4n) is 3.09. The van der Waals surface area contributed by atoms with Crippen LogP contribution in [0.2, 0.25) is 0 Å². The number of hydrogen-bond acceptors (Lipinski definition) is 4. The van der Waals surface area contributed by atoms with E-state index < -0.39 is 0 Å². The van der Waals surface area contributed by atoms with E-state index >= 15 is 0 Å². The molecule has 0 fully saturated rings. The van der Waals surface area contributed by atoms with E-state index in [1.165, 1.54) is 23.5 Å². The molecule has 1 aromatic heterocycles. The van der Waals surface area contributed by atoms with E-state index in [0.29, 0.717) is 30.1 Å². The van der Waals surface area contributed by atoms with Crippen molar-refractivity contribution in [1.29, 1.82) is 5.41 Å². The zero-order chi connectivity index (χ0) is 18.8. The molecule has 4 nitrogen and oxygen atoms in total. The number of rotatable bonds is 5. The second-order valence-corrected chi connectivity index (χ2v) is 7.23. The molecule has 0 unspecified atom stereocenters. The minimum absolute atomic E-state index is 0.174. The molecule has 2 N–H and O–H groups in total. The predicted molar refractivity (Wildman–Crippen MR) is 107 cm³/mol. The first-order valence-electron chi connectivity index (χ1n) is 8.63.